The Labute approximate surface area is 156 Å². The summed E-state index contributed by atoms with van der Waals surface area (Å²) in [7, 11) is 0. The van der Waals surface area contributed by atoms with Gasteiger partial charge in [0.1, 0.15) is 5.82 Å². The summed E-state index contributed by atoms with van der Waals surface area (Å²) < 4.78 is 13.1. The van der Waals surface area contributed by atoms with Crippen molar-refractivity contribution in [1.82, 2.24) is 9.88 Å². The van der Waals surface area contributed by atoms with Crippen LogP contribution in [-0.4, -0.2) is 34.0 Å². The number of nitrogens with zero attached hydrogens (tertiary/aromatic N) is 1. The van der Waals surface area contributed by atoms with Gasteiger partial charge in [-0.25, -0.2) is 4.39 Å². The summed E-state index contributed by atoms with van der Waals surface area (Å²) >= 11 is 0. The number of amides is 1. The monoisotopic (exact) mass is 368 g/mol. The van der Waals surface area contributed by atoms with E-state index in [0.29, 0.717) is 11.1 Å². The molecule has 5 nitrogen and oxygen atoms in total. The quantitative estimate of drug-likeness (QED) is 0.703. The van der Waals surface area contributed by atoms with E-state index in [-0.39, 0.29) is 31.2 Å². The second-order valence-electron chi connectivity index (χ2n) is 6.36. The highest BCUT2D eigenvalue weighted by atomic mass is 19.1. The molecule has 1 aromatic heterocycles. The molecule has 140 valence electrons. The number of aromatic nitrogens is 1. The zero-order chi connectivity index (χ0) is 19.4. The van der Waals surface area contributed by atoms with Gasteiger partial charge in [-0.05, 0) is 59.8 Å². The molecule has 27 heavy (non-hydrogen) atoms. The zero-order valence-electron chi connectivity index (χ0n) is 15.0. The number of aliphatic hydroxyl groups excluding tert-OH is 1. The third kappa shape index (κ3) is 4.23. The molecule has 1 amide bonds. The smallest absolute Gasteiger partial charge is 0.254 e. The molecule has 3 aromatic rings. The minimum absolute atomic E-state index is 0.0540. The van der Waals surface area contributed by atoms with Gasteiger partial charge in [0.15, 0.2) is 0 Å². The van der Waals surface area contributed by atoms with Crippen molar-refractivity contribution in [1.29, 1.82) is 0 Å². The van der Waals surface area contributed by atoms with Crippen molar-refractivity contribution in [2.24, 2.45) is 0 Å². The van der Waals surface area contributed by atoms with Crippen molar-refractivity contribution in [2.75, 3.05) is 13.2 Å². The number of aliphatic hydroxyl groups is 1. The zero-order valence-corrected chi connectivity index (χ0v) is 15.0. The Kier molecular flexibility index (Phi) is 5.66. The molecule has 3 rings (SSSR count). The lowest BCUT2D eigenvalue weighted by Gasteiger charge is -2.22. The summed E-state index contributed by atoms with van der Waals surface area (Å²) in [6, 6.07) is 12.8. The topological polar surface area (TPSA) is 73.4 Å². The molecule has 0 fully saturated rings. The number of fused-ring (bicyclic) bond motifs is 1. The fourth-order valence-corrected chi connectivity index (χ4v) is 2.99. The van der Waals surface area contributed by atoms with Crippen LogP contribution in [0.4, 0.5) is 4.39 Å². The van der Waals surface area contributed by atoms with Crippen LogP contribution in [0.3, 0.4) is 0 Å². The van der Waals surface area contributed by atoms with Crippen molar-refractivity contribution in [3.63, 3.8) is 0 Å². The average molecular weight is 368 g/mol. The Morgan fingerprint density at radius 1 is 1.15 bits per heavy atom. The van der Waals surface area contributed by atoms with E-state index >= 15 is 0 Å². The number of aryl methyl sites for hydroxylation is 1. The lowest BCUT2D eigenvalue weighted by Crippen LogP contribution is -2.35. The fraction of sp³-hybridized carbons (Fsp3) is 0.238. The van der Waals surface area contributed by atoms with Crippen LogP contribution >= 0.6 is 0 Å². The normalized spacial score (nSPS) is 10.9. The van der Waals surface area contributed by atoms with Crippen LogP contribution < -0.4 is 5.56 Å². The maximum absolute atomic E-state index is 13.1. The van der Waals surface area contributed by atoms with Crippen LogP contribution in [0.2, 0.25) is 0 Å². The minimum atomic E-state index is -0.432. The van der Waals surface area contributed by atoms with E-state index < -0.39 is 5.82 Å². The van der Waals surface area contributed by atoms with E-state index in [0.717, 1.165) is 22.9 Å². The third-order valence-electron chi connectivity index (χ3n) is 4.50. The van der Waals surface area contributed by atoms with Crippen LogP contribution in [-0.2, 0) is 13.0 Å². The highest BCUT2D eigenvalue weighted by Gasteiger charge is 2.17. The van der Waals surface area contributed by atoms with Gasteiger partial charge in [-0.2, -0.15) is 0 Å². The number of carbonyl (C=O) groups is 1. The Morgan fingerprint density at radius 2 is 1.89 bits per heavy atom. The first-order valence-electron chi connectivity index (χ1n) is 8.82. The molecule has 0 atom stereocenters. The number of aromatic amines is 1. The van der Waals surface area contributed by atoms with E-state index in [1.807, 2.05) is 18.2 Å². The highest BCUT2D eigenvalue weighted by Crippen LogP contribution is 2.16. The van der Waals surface area contributed by atoms with Crippen LogP contribution in [0, 0.1) is 5.82 Å². The number of pyridine rings is 1. The highest BCUT2D eigenvalue weighted by molar-refractivity contribution is 5.94. The van der Waals surface area contributed by atoms with Gasteiger partial charge in [0.05, 0.1) is 13.2 Å². The Morgan fingerprint density at radius 3 is 2.56 bits per heavy atom. The number of halogens is 1. The number of hydrogen-bond acceptors (Lipinski definition) is 3. The van der Waals surface area contributed by atoms with Gasteiger partial charge in [-0.15, -0.1) is 0 Å². The molecule has 0 bridgehead atoms. The predicted molar refractivity (Wildman–Crippen MR) is 102 cm³/mol. The van der Waals surface area contributed by atoms with Gasteiger partial charge >= 0.3 is 0 Å². The molecule has 0 saturated heterocycles. The molecule has 0 saturated carbocycles. The van der Waals surface area contributed by atoms with E-state index in [1.54, 1.807) is 6.07 Å². The molecule has 0 unspecified atom stereocenters. The molecule has 0 radical (unpaired) electrons. The van der Waals surface area contributed by atoms with Crippen LogP contribution in [0.15, 0.2) is 53.3 Å². The molecular weight excluding hydrogens is 347 g/mol. The molecule has 0 aliphatic carbocycles. The molecule has 2 aromatic carbocycles. The number of nitrogens with one attached hydrogen (secondary N) is 1. The number of hydrogen-bond donors (Lipinski definition) is 2. The second kappa shape index (κ2) is 8.14. The minimum Gasteiger partial charge on any atom is -0.395 e. The van der Waals surface area contributed by atoms with Crippen LogP contribution in [0.25, 0.3) is 10.9 Å². The van der Waals surface area contributed by atoms with E-state index in [4.69, 9.17) is 0 Å². The molecule has 1 heterocycles. The molecule has 0 spiro atoms. The third-order valence-corrected chi connectivity index (χ3v) is 4.50. The van der Waals surface area contributed by atoms with E-state index in [2.05, 4.69) is 11.9 Å². The van der Waals surface area contributed by atoms with Gasteiger partial charge in [0.2, 0.25) is 0 Å². The molecule has 0 aliphatic heterocycles. The number of rotatable bonds is 6. The number of benzene rings is 2. The first-order chi connectivity index (χ1) is 13.0. The van der Waals surface area contributed by atoms with Crippen molar-refractivity contribution in [3.8, 4) is 0 Å². The molecular formula is C21H21FN2O3. The maximum atomic E-state index is 13.1. The molecule has 6 heteroatoms. The van der Waals surface area contributed by atoms with Crippen molar-refractivity contribution < 1.29 is 14.3 Å². The summed E-state index contributed by atoms with van der Waals surface area (Å²) in [5, 5.41) is 10.2. The van der Waals surface area contributed by atoms with Crippen LogP contribution in [0.1, 0.15) is 28.4 Å². The lowest BCUT2D eigenvalue weighted by atomic mass is 10.1. The maximum Gasteiger partial charge on any atom is 0.254 e. The molecule has 2 N–H and O–H groups in total. The van der Waals surface area contributed by atoms with Gasteiger partial charge in [0, 0.05) is 23.2 Å². The fourth-order valence-electron chi connectivity index (χ4n) is 2.99. The Hall–Kier alpha value is -2.99. The van der Waals surface area contributed by atoms with Crippen molar-refractivity contribution >= 4 is 16.8 Å². The molecule has 0 aliphatic rings. The summed E-state index contributed by atoms with van der Waals surface area (Å²) in [6.07, 6.45) is 0.879. The number of H-pyrrole nitrogens is 1. The second-order valence-corrected chi connectivity index (χ2v) is 6.36. The largest absolute Gasteiger partial charge is 0.395 e. The standard InChI is InChI=1S/C21H21FN2O3/c1-2-14-3-8-19-16(11-14)12-17(20(26)23-19)13-24(9-10-25)21(27)15-4-6-18(22)7-5-15/h3-8,11-12,25H,2,9-10,13H2,1H3,(H,23,26). The Balaban J connectivity index is 1.93. The van der Waals surface area contributed by atoms with E-state index in [1.165, 1.54) is 29.2 Å². The predicted octanol–water partition coefficient (Wildman–Crippen LogP) is 2.86. The van der Waals surface area contributed by atoms with Gasteiger partial charge in [-0.3, -0.25) is 9.59 Å². The Bertz CT molecular complexity index is 1010. The van der Waals surface area contributed by atoms with Gasteiger partial charge in [-0.1, -0.05) is 13.0 Å². The van der Waals surface area contributed by atoms with Gasteiger partial charge < -0.3 is 15.0 Å². The summed E-state index contributed by atoms with van der Waals surface area (Å²) in [6.45, 7) is 1.94. The van der Waals surface area contributed by atoms with Crippen molar-refractivity contribution in [2.45, 2.75) is 19.9 Å². The first kappa shape index (κ1) is 18.8. The lowest BCUT2D eigenvalue weighted by molar-refractivity contribution is 0.0707. The average Bonchev–Trinajstić information content (AvgIpc) is 2.67. The first-order valence-corrected chi connectivity index (χ1v) is 8.82. The summed E-state index contributed by atoms with van der Waals surface area (Å²) in [5.41, 5.74) is 2.34. The van der Waals surface area contributed by atoms with Crippen LogP contribution in [0.5, 0.6) is 0 Å². The summed E-state index contributed by atoms with van der Waals surface area (Å²) in [4.78, 5) is 29.4. The summed E-state index contributed by atoms with van der Waals surface area (Å²) in [5.74, 6) is -0.802. The van der Waals surface area contributed by atoms with E-state index in [9.17, 15) is 19.1 Å². The van der Waals surface area contributed by atoms with Gasteiger partial charge in [0.25, 0.3) is 11.5 Å². The number of carbonyl (C=O) groups excluding carboxylic acids is 1. The van der Waals surface area contributed by atoms with Crippen molar-refractivity contribution in [3.05, 3.63) is 81.4 Å². The SMILES string of the molecule is CCc1ccc2[nH]c(=O)c(CN(CCO)C(=O)c3ccc(F)cc3)cc2c1.